The maximum atomic E-state index is 14.0. The van der Waals surface area contributed by atoms with E-state index in [9.17, 15) is 33.9 Å². The van der Waals surface area contributed by atoms with Crippen LogP contribution in [-0.4, -0.2) is 119 Å². The highest BCUT2D eigenvalue weighted by molar-refractivity contribution is 6.30. The quantitative estimate of drug-likeness (QED) is 0.118. The largest absolute Gasteiger partial charge is 0.387 e. The van der Waals surface area contributed by atoms with Crippen molar-refractivity contribution >= 4 is 58.5 Å². The van der Waals surface area contributed by atoms with Crippen molar-refractivity contribution in [1.82, 2.24) is 35.7 Å². The van der Waals surface area contributed by atoms with Crippen molar-refractivity contribution in [3.63, 3.8) is 0 Å². The number of carbonyl (C=O) groups excluding carboxylic acids is 6. The van der Waals surface area contributed by atoms with Crippen LogP contribution in [0.25, 0.3) is 0 Å². The molecule has 3 aromatic rings. The minimum Gasteiger partial charge on any atom is -0.387 e. The average Bonchev–Trinajstić information content (AvgIpc) is 3.65. The number of aliphatic hydroxyl groups is 1. The molecule has 2 aromatic carbocycles. The van der Waals surface area contributed by atoms with Crippen molar-refractivity contribution in [2.24, 2.45) is 0 Å². The van der Waals surface area contributed by atoms with Crippen LogP contribution in [-0.2, 0) is 19.2 Å². The first-order chi connectivity index (χ1) is 27.5. The van der Waals surface area contributed by atoms with E-state index in [0.29, 0.717) is 81.6 Å². The molecule has 2 fully saturated rings. The lowest BCUT2D eigenvalue weighted by Crippen LogP contribution is -2.54. The molecule has 6 amide bonds. The van der Waals surface area contributed by atoms with Gasteiger partial charge < -0.3 is 30.9 Å². The van der Waals surface area contributed by atoms with Crippen molar-refractivity contribution in [1.29, 1.82) is 0 Å². The second kappa shape index (κ2) is 17.4. The summed E-state index contributed by atoms with van der Waals surface area (Å²) in [6, 6.07) is 11.1. The predicted molar refractivity (Wildman–Crippen MR) is 210 cm³/mol. The number of hydrogen-bond donors (Lipinski definition) is 5. The van der Waals surface area contributed by atoms with Crippen LogP contribution in [0.3, 0.4) is 0 Å². The van der Waals surface area contributed by atoms with Gasteiger partial charge in [0.25, 0.3) is 11.8 Å². The standard InChI is InChI=1S/C40H46ClN9O7/c1-23-20-30(51)35-33(23)36(46-22-45-35)48-16-18-49(19-17-48)38(55)27(24-6-8-25(41)9-7-24)21-42-15-12-31(52)44-14-3-13-43-28-5-2-4-26-34(28)40(57)50(39(26)56)29-10-11-32(53)47-37(29)54/h2,4-9,22-23,27,29-30,42-43,51H,3,10-21H2,1H3,(H,44,52)(H,47,53,54)/t23-,27-,29?,30-/m1/s1. The Hall–Kier alpha value is -5.45. The molecule has 17 heteroatoms. The Morgan fingerprint density at radius 1 is 0.982 bits per heavy atom. The first-order valence-electron chi connectivity index (χ1n) is 19.4. The summed E-state index contributed by atoms with van der Waals surface area (Å²) in [6.07, 6.45) is 2.38. The number of imide groups is 2. The van der Waals surface area contributed by atoms with Crippen molar-refractivity contribution in [3.8, 4) is 0 Å². The first kappa shape index (κ1) is 39.8. The van der Waals surface area contributed by atoms with E-state index in [1.54, 1.807) is 24.3 Å². The maximum absolute atomic E-state index is 14.0. The Balaban J connectivity index is 0.858. The summed E-state index contributed by atoms with van der Waals surface area (Å²) < 4.78 is 0. The van der Waals surface area contributed by atoms with Gasteiger partial charge in [0.15, 0.2) is 0 Å². The molecule has 1 aliphatic carbocycles. The highest BCUT2D eigenvalue weighted by Crippen LogP contribution is 2.43. The number of amides is 6. The van der Waals surface area contributed by atoms with Gasteiger partial charge in [-0.05, 0) is 55.0 Å². The van der Waals surface area contributed by atoms with Gasteiger partial charge in [-0.2, -0.15) is 0 Å². The van der Waals surface area contributed by atoms with Crippen molar-refractivity contribution < 1.29 is 33.9 Å². The Morgan fingerprint density at radius 2 is 1.75 bits per heavy atom. The van der Waals surface area contributed by atoms with Crippen LogP contribution >= 0.6 is 11.6 Å². The molecule has 0 saturated carbocycles. The number of piperidine rings is 1. The number of carbonyl (C=O) groups is 6. The third-order valence-corrected chi connectivity index (χ3v) is 11.3. The number of rotatable bonds is 14. The number of anilines is 2. The molecule has 4 atom stereocenters. The third-order valence-electron chi connectivity index (χ3n) is 11.1. The lowest BCUT2D eigenvalue weighted by atomic mass is 9.97. The molecule has 1 unspecified atom stereocenters. The summed E-state index contributed by atoms with van der Waals surface area (Å²) in [5.74, 6) is -1.95. The van der Waals surface area contributed by atoms with Crippen LogP contribution in [0.5, 0.6) is 0 Å². The second-order valence-corrected chi connectivity index (χ2v) is 15.3. The molecule has 5 N–H and O–H groups in total. The fourth-order valence-corrected chi connectivity index (χ4v) is 8.22. The molecule has 0 radical (unpaired) electrons. The van der Waals surface area contributed by atoms with Crippen LogP contribution in [0.2, 0.25) is 5.02 Å². The topological polar surface area (TPSA) is 206 Å². The van der Waals surface area contributed by atoms with Gasteiger partial charge in [-0.1, -0.05) is 36.7 Å². The summed E-state index contributed by atoms with van der Waals surface area (Å²) in [7, 11) is 0. The van der Waals surface area contributed by atoms with E-state index in [1.807, 2.05) is 17.0 Å². The van der Waals surface area contributed by atoms with Gasteiger partial charge in [-0.25, -0.2) is 9.97 Å². The number of nitrogens with zero attached hydrogens (tertiary/aromatic N) is 5. The fourth-order valence-electron chi connectivity index (χ4n) is 8.09. The fraction of sp³-hybridized carbons (Fsp3) is 0.450. The summed E-state index contributed by atoms with van der Waals surface area (Å²) in [6.45, 7) is 5.75. The van der Waals surface area contributed by atoms with Gasteiger partial charge in [0.2, 0.25) is 23.6 Å². The smallest absolute Gasteiger partial charge is 0.264 e. The van der Waals surface area contributed by atoms with Gasteiger partial charge in [0, 0.05) is 81.5 Å². The van der Waals surface area contributed by atoms with Crippen LogP contribution in [0.1, 0.15) is 94.5 Å². The zero-order valence-electron chi connectivity index (χ0n) is 31.6. The van der Waals surface area contributed by atoms with Gasteiger partial charge in [-0.3, -0.25) is 39.0 Å². The van der Waals surface area contributed by atoms with E-state index in [4.69, 9.17) is 11.6 Å². The summed E-state index contributed by atoms with van der Waals surface area (Å²) in [4.78, 5) is 91.0. The van der Waals surface area contributed by atoms with E-state index in [1.165, 1.54) is 12.4 Å². The Kier molecular flexibility index (Phi) is 12.1. The van der Waals surface area contributed by atoms with Crippen molar-refractivity contribution in [2.45, 2.75) is 63.0 Å². The van der Waals surface area contributed by atoms with E-state index in [-0.39, 0.29) is 48.1 Å². The number of benzene rings is 2. The molecule has 0 spiro atoms. The second-order valence-electron chi connectivity index (χ2n) is 14.8. The number of nitrogens with one attached hydrogen (secondary N) is 4. The molecular weight excluding hydrogens is 754 g/mol. The Bertz CT molecular complexity index is 2060. The Labute approximate surface area is 334 Å². The highest BCUT2D eigenvalue weighted by Gasteiger charge is 2.45. The summed E-state index contributed by atoms with van der Waals surface area (Å²) >= 11 is 6.17. The number of halogens is 1. The van der Waals surface area contributed by atoms with Crippen LogP contribution in [0.4, 0.5) is 11.5 Å². The minimum absolute atomic E-state index is 0.0167. The van der Waals surface area contributed by atoms with E-state index in [0.717, 1.165) is 21.8 Å². The van der Waals surface area contributed by atoms with E-state index >= 15 is 0 Å². The van der Waals surface area contributed by atoms with E-state index < -0.39 is 41.7 Å². The Morgan fingerprint density at radius 3 is 2.51 bits per heavy atom. The molecule has 4 aliphatic rings. The molecule has 0 bridgehead atoms. The third kappa shape index (κ3) is 8.48. The van der Waals surface area contributed by atoms with Crippen LogP contribution in [0.15, 0.2) is 48.8 Å². The average molecular weight is 800 g/mol. The van der Waals surface area contributed by atoms with Crippen LogP contribution < -0.4 is 26.2 Å². The molecular formula is C40H46ClN9O7. The van der Waals surface area contributed by atoms with Crippen LogP contribution in [0, 0.1) is 0 Å². The maximum Gasteiger partial charge on any atom is 0.264 e. The number of aliphatic hydroxyl groups excluding tert-OH is 1. The zero-order valence-corrected chi connectivity index (χ0v) is 32.4. The molecule has 2 saturated heterocycles. The number of aromatic nitrogens is 2. The van der Waals surface area contributed by atoms with Gasteiger partial charge in [-0.15, -0.1) is 0 Å². The number of piperazine rings is 1. The normalized spacial score (nSPS) is 21.0. The highest BCUT2D eigenvalue weighted by atomic mass is 35.5. The summed E-state index contributed by atoms with van der Waals surface area (Å²) in [5, 5.41) is 22.6. The molecule has 7 rings (SSSR count). The number of hydrogen-bond acceptors (Lipinski definition) is 12. The zero-order chi connectivity index (χ0) is 40.2. The van der Waals surface area contributed by atoms with Crippen molar-refractivity contribution in [2.75, 3.05) is 62.6 Å². The summed E-state index contributed by atoms with van der Waals surface area (Å²) in [5.41, 5.74) is 3.33. The lowest BCUT2D eigenvalue weighted by molar-refractivity contribution is -0.136. The number of fused-ring (bicyclic) bond motifs is 2. The predicted octanol–water partition coefficient (Wildman–Crippen LogP) is 2.10. The van der Waals surface area contributed by atoms with Crippen molar-refractivity contribution in [3.05, 3.63) is 81.8 Å². The van der Waals surface area contributed by atoms with Gasteiger partial charge in [0.05, 0.1) is 28.8 Å². The first-order valence-corrected chi connectivity index (χ1v) is 19.8. The van der Waals surface area contributed by atoms with Gasteiger partial charge >= 0.3 is 0 Å². The monoisotopic (exact) mass is 799 g/mol. The van der Waals surface area contributed by atoms with E-state index in [2.05, 4.69) is 43.1 Å². The molecule has 57 heavy (non-hydrogen) atoms. The molecule has 16 nitrogen and oxygen atoms in total. The minimum atomic E-state index is -1.04. The molecule has 300 valence electrons. The molecule has 3 aliphatic heterocycles. The molecule has 4 heterocycles. The lowest BCUT2D eigenvalue weighted by Gasteiger charge is -2.38. The molecule has 1 aromatic heterocycles. The SMILES string of the molecule is C[C@@H]1C[C@@H](O)c2ncnc(N3CCN(C(=O)[C@H](CNCCC(=O)NCCCNc4cccc5c4C(=O)N(C4CCC(=O)NC4=O)C5=O)c4ccc(Cl)cc4)CC3)c21. The van der Waals surface area contributed by atoms with Gasteiger partial charge in [0.1, 0.15) is 18.2 Å².